The molecule has 0 fully saturated rings. The second-order valence-corrected chi connectivity index (χ2v) is 11.5. The van der Waals surface area contributed by atoms with Crippen molar-refractivity contribution >= 4 is 23.2 Å². The molecule has 3 aliphatic rings. The number of nitrogens with zero attached hydrogens (tertiary/aromatic N) is 1. The van der Waals surface area contributed by atoms with Crippen LogP contribution in [0.5, 0.6) is 11.5 Å². The monoisotopic (exact) mass is 567 g/mol. The molecular formula is C35H34ClNO4. The Morgan fingerprint density at radius 3 is 2.07 bits per heavy atom. The van der Waals surface area contributed by atoms with E-state index < -0.39 is 5.92 Å². The van der Waals surface area contributed by atoms with Crippen LogP contribution in [0.25, 0.3) is 0 Å². The second kappa shape index (κ2) is 11.6. The zero-order valence-electron chi connectivity index (χ0n) is 23.5. The Hall–Kier alpha value is -3.83. The minimum Gasteiger partial charge on any atom is -0.493 e. The summed E-state index contributed by atoms with van der Waals surface area (Å²) >= 11 is 6.87. The van der Waals surface area contributed by atoms with E-state index in [-0.39, 0.29) is 11.6 Å². The fourth-order valence-electron chi connectivity index (χ4n) is 6.39. The standard InChI is InChI=1S/C35H34ClNO4/c1-22-14-16-24(17-15-22)21-41-35-26(36)18-25(19-31(35)40-2)32-33-27(10-6-12-29(33)38)37(20-23-8-4-3-5-9-23)28-11-7-13-30(39)34(28)32/h3-5,8-9,14-19,32H,6-7,10-13,20-21H2,1-2H3. The van der Waals surface area contributed by atoms with Crippen molar-refractivity contribution in [2.75, 3.05) is 7.11 Å². The molecule has 6 heteroatoms. The summed E-state index contributed by atoms with van der Waals surface area (Å²) in [5.41, 5.74) is 7.69. The Labute approximate surface area is 246 Å². The highest BCUT2D eigenvalue weighted by atomic mass is 35.5. The van der Waals surface area contributed by atoms with Crippen LogP contribution in [0.15, 0.2) is 89.3 Å². The Morgan fingerprint density at radius 2 is 1.46 bits per heavy atom. The number of rotatable bonds is 7. The number of allylic oxidation sites excluding steroid dienone is 4. The van der Waals surface area contributed by atoms with E-state index in [1.54, 1.807) is 7.11 Å². The molecule has 0 N–H and O–H groups in total. The summed E-state index contributed by atoms with van der Waals surface area (Å²) in [6.07, 6.45) is 4.18. The maximum atomic E-state index is 13.7. The van der Waals surface area contributed by atoms with E-state index in [0.717, 1.165) is 64.9 Å². The van der Waals surface area contributed by atoms with Crippen molar-refractivity contribution < 1.29 is 19.1 Å². The summed E-state index contributed by atoms with van der Waals surface area (Å²) in [5.74, 6) is 0.684. The molecule has 0 amide bonds. The van der Waals surface area contributed by atoms with Crippen LogP contribution in [-0.2, 0) is 22.7 Å². The predicted molar refractivity (Wildman–Crippen MR) is 160 cm³/mol. The summed E-state index contributed by atoms with van der Waals surface area (Å²) in [6.45, 7) is 3.03. The largest absolute Gasteiger partial charge is 0.493 e. The van der Waals surface area contributed by atoms with E-state index in [9.17, 15) is 9.59 Å². The fraction of sp³-hybridized carbons (Fsp3) is 0.314. The van der Waals surface area contributed by atoms with E-state index in [1.165, 1.54) is 5.56 Å². The van der Waals surface area contributed by atoms with Gasteiger partial charge in [0.2, 0.25) is 0 Å². The van der Waals surface area contributed by atoms with Crippen LogP contribution in [0.3, 0.4) is 0 Å². The van der Waals surface area contributed by atoms with Crippen molar-refractivity contribution in [2.45, 2.75) is 64.5 Å². The Balaban J connectivity index is 1.44. The topological polar surface area (TPSA) is 55.8 Å². The van der Waals surface area contributed by atoms with Gasteiger partial charge >= 0.3 is 0 Å². The summed E-state index contributed by atoms with van der Waals surface area (Å²) in [5, 5.41) is 0.397. The van der Waals surface area contributed by atoms with Gasteiger partial charge in [-0.15, -0.1) is 0 Å². The first-order valence-corrected chi connectivity index (χ1v) is 14.7. The molecule has 41 heavy (non-hydrogen) atoms. The highest BCUT2D eigenvalue weighted by Crippen LogP contribution is 2.51. The summed E-state index contributed by atoms with van der Waals surface area (Å²) in [7, 11) is 1.59. The molecule has 0 spiro atoms. The van der Waals surface area contributed by atoms with Gasteiger partial charge in [-0.05, 0) is 61.4 Å². The maximum absolute atomic E-state index is 13.7. The van der Waals surface area contributed by atoms with Gasteiger partial charge < -0.3 is 14.4 Å². The van der Waals surface area contributed by atoms with Crippen molar-refractivity contribution in [3.05, 3.63) is 117 Å². The first-order chi connectivity index (χ1) is 19.9. The molecule has 0 saturated carbocycles. The molecule has 2 aliphatic carbocycles. The van der Waals surface area contributed by atoms with Crippen molar-refractivity contribution in [1.82, 2.24) is 4.90 Å². The molecule has 1 heterocycles. The average molecular weight is 568 g/mol. The van der Waals surface area contributed by atoms with E-state index >= 15 is 0 Å². The minimum absolute atomic E-state index is 0.106. The Kier molecular flexibility index (Phi) is 7.72. The number of carbonyl (C=O) groups excluding carboxylic acids is 2. The molecule has 6 rings (SSSR count). The molecule has 1 aliphatic heterocycles. The predicted octanol–water partition coefficient (Wildman–Crippen LogP) is 7.85. The molecule has 3 aromatic rings. The third-order valence-electron chi connectivity index (χ3n) is 8.36. The Bertz CT molecular complexity index is 1510. The van der Waals surface area contributed by atoms with Gasteiger partial charge in [0, 0.05) is 47.8 Å². The lowest BCUT2D eigenvalue weighted by atomic mass is 9.71. The molecule has 0 saturated heterocycles. The molecule has 0 aromatic heterocycles. The SMILES string of the molecule is COc1cc(C2C3=C(CCCC3=O)N(Cc3ccccc3)C3=C2C(=O)CCC3)cc(Cl)c1OCc1ccc(C)cc1. The van der Waals surface area contributed by atoms with Crippen molar-refractivity contribution in [1.29, 1.82) is 0 Å². The van der Waals surface area contributed by atoms with E-state index in [4.69, 9.17) is 21.1 Å². The number of hydrogen-bond acceptors (Lipinski definition) is 5. The number of halogens is 1. The summed E-state index contributed by atoms with van der Waals surface area (Å²) in [6, 6.07) is 22.2. The van der Waals surface area contributed by atoms with E-state index in [1.807, 2.05) is 61.5 Å². The maximum Gasteiger partial charge on any atom is 0.180 e. The van der Waals surface area contributed by atoms with Gasteiger partial charge in [0.25, 0.3) is 0 Å². The lowest BCUT2D eigenvalue weighted by molar-refractivity contribution is -0.117. The number of hydrogen-bond donors (Lipinski definition) is 0. The third kappa shape index (κ3) is 5.31. The van der Waals surface area contributed by atoms with E-state index in [2.05, 4.69) is 17.0 Å². The minimum atomic E-state index is -0.467. The van der Waals surface area contributed by atoms with Crippen molar-refractivity contribution in [3.63, 3.8) is 0 Å². The second-order valence-electron chi connectivity index (χ2n) is 11.1. The van der Waals surface area contributed by atoms with Crippen LogP contribution < -0.4 is 9.47 Å². The van der Waals surface area contributed by atoms with Crippen LogP contribution in [0.1, 0.15) is 66.7 Å². The van der Waals surface area contributed by atoms with Crippen LogP contribution in [0.4, 0.5) is 0 Å². The number of carbonyl (C=O) groups is 2. The number of benzene rings is 3. The average Bonchev–Trinajstić information content (AvgIpc) is 2.98. The van der Waals surface area contributed by atoms with Gasteiger partial charge in [0.05, 0.1) is 12.1 Å². The van der Waals surface area contributed by atoms with E-state index in [0.29, 0.717) is 42.5 Å². The summed E-state index contributed by atoms with van der Waals surface area (Å²) in [4.78, 5) is 29.6. The number of ether oxygens (including phenoxy) is 2. The summed E-state index contributed by atoms with van der Waals surface area (Å²) < 4.78 is 11.9. The van der Waals surface area contributed by atoms with Gasteiger partial charge in [-0.25, -0.2) is 0 Å². The molecular weight excluding hydrogens is 534 g/mol. The number of methoxy groups -OCH3 is 1. The molecule has 210 valence electrons. The molecule has 0 radical (unpaired) electrons. The van der Waals surface area contributed by atoms with Crippen molar-refractivity contribution in [2.24, 2.45) is 0 Å². The molecule has 3 aromatic carbocycles. The quantitative estimate of drug-likeness (QED) is 0.291. The first-order valence-electron chi connectivity index (χ1n) is 14.3. The van der Waals surface area contributed by atoms with Gasteiger partial charge in [-0.1, -0.05) is 71.8 Å². The molecule has 0 bridgehead atoms. The van der Waals surface area contributed by atoms with Gasteiger partial charge in [0.1, 0.15) is 6.61 Å². The van der Waals surface area contributed by atoms with Gasteiger partial charge in [0.15, 0.2) is 23.1 Å². The Morgan fingerprint density at radius 1 is 0.829 bits per heavy atom. The molecule has 0 unspecified atom stereocenters. The van der Waals surface area contributed by atoms with Crippen LogP contribution in [0.2, 0.25) is 5.02 Å². The zero-order chi connectivity index (χ0) is 28.5. The highest BCUT2D eigenvalue weighted by molar-refractivity contribution is 6.32. The molecule has 0 atom stereocenters. The first kappa shape index (κ1) is 27.3. The smallest absolute Gasteiger partial charge is 0.180 e. The highest BCUT2D eigenvalue weighted by Gasteiger charge is 2.43. The third-order valence-corrected chi connectivity index (χ3v) is 8.64. The van der Waals surface area contributed by atoms with Crippen LogP contribution in [-0.4, -0.2) is 23.6 Å². The normalized spacial score (nSPS) is 17.5. The van der Waals surface area contributed by atoms with Crippen LogP contribution >= 0.6 is 11.6 Å². The van der Waals surface area contributed by atoms with Gasteiger partial charge in [-0.3, -0.25) is 9.59 Å². The zero-order valence-corrected chi connectivity index (χ0v) is 24.3. The number of aryl methyl sites for hydroxylation is 1. The number of ketones is 2. The lowest BCUT2D eigenvalue weighted by Crippen LogP contribution is -2.38. The molecule has 5 nitrogen and oxygen atoms in total. The van der Waals surface area contributed by atoms with Crippen molar-refractivity contribution in [3.8, 4) is 11.5 Å². The van der Waals surface area contributed by atoms with Crippen LogP contribution in [0, 0.1) is 6.92 Å². The van der Waals surface area contributed by atoms with Gasteiger partial charge in [-0.2, -0.15) is 0 Å². The lowest BCUT2D eigenvalue weighted by Gasteiger charge is -2.44. The fourth-order valence-corrected chi connectivity index (χ4v) is 6.67. The number of Topliss-reactive ketones (excluding diaryl/α,β-unsaturated/α-hetero) is 2.